The fourth-order valence-electron chi connectivity index (χ4n) is 1.53. The Morgan fingerprint density at radius 1 is 1.28 bits per heavy atom. The molecule has 2 aromatic rings. The summed E-state index contributed by atoms with van der Waals surface area (Å²) in [4.78, 5) is 4.18. The van der Waals surface area contributed by atoms with Crippen molar-refractivity contribution in [2.45, 2.75) is 19.9 Å². The second kappa shape index (κ2) is 5.14. The Morgan fingerprint density at radius 2 is 2.06 bits per heavy atom. The molecule has 1 aromatic heterocycles. The molecule has 4 heteroatoms. The first kappa shape index (κ1) is 12.5. The number of nitrogens with zero attached hydrogens (tertiary/aromatic N) is 1. The zero-order valence-corrected chi connectivity index (χ0v) is 10.4. The number of aryl methyl sites for hydroxylation is 1. The minimum Gasteiger partial charge on any atom is -0.455 e. The average molecular weight is 246 g/mol. The summed E-state index contributed by atoms with van der Waals surface area (Å²) >= 11 is 0. The predicted octanol–water partition coefficient (Wildman–Crippen LogP) is 3.34. The zero-order valence-electron chi connectivity index (χ0n) is 10.4. The summed E-state index contributed by atoms with van der Waals surface area (Å²) < 4.78 is 18.7. The molecule has 0 radical (unpaired) electrons. The van der Waals surface area contributed by atoms with E-state index in [-0.39, 0.29) is 11.9 Å². The number of pyridine rings is 1. The molecule has 2 rings (SSSR count). The van der Waals surface area contributed by atoms with Crippen molar-refractivity contribution in [2.24, 2.45) is 5.73 Å². The number of hydrogen-bond donors (Lipinski definition) is 1. The first-order valence-electron chi connectivity index (χ1n) is 5.72. The van der Waals surface area contributed by atoms with E-state index in [0.717, 1.165) is 11.3 Å². The fraction of sp³-hybridized carbons (Fsp3) is 0.214. The number of rotatable bonds is 3. The van der Waals surface area contributed by atoms with Gasteiger partial charge in [0.25, 0.3) is 0 Å². The topological polar surface area (TPSA) is 48.1 Å². The first-order chi connectivity index (χ1) is 8.56. The van der Waals surface area contributed by atoms with E-state index in [1.54, 1.807) is 24.4 Å². The third-order valence-corrected chi connectivity index (χ3v) is 2.60. The molecule has 2 N–H and O–H groups in total. The monoisotopic (exact) mass is 246 g/mol. The minimum atomic E-state index is -0.323. The maximum atomic E-state index is 13.1. The van der Waals surface area contributed by atoms with Crippen LogP contribution in [0, 0.1) is 12.7 Å². The zero-order chi connectivity index (χ0) is 13.1. The number of benzene rings is 1. The molecule has 3 nitrogen and oxygen atoms in total. The number of halogens is 1. The molecule has 0 aliphatic carbocycles. The lowest BCUT2D eigenvalue weighted by atomic mass is 10.2. The van der Waals surface area contributed by atoms with Crippen molar-refractivity contribution in [3.8, 4) is 11.5 Å². The maximum Gasteiger partial charge on any atom is 0.145 e. The molecule has 0 aliphatic heterocycles. The van der Waals surface area contributed by atoms with Crippen LogP contribution < -0.4 is 10.5 Å². The summed E-state index contributed by atoms with van der Waals surface area (Å²) in [6.07, 6.45) is 1.59. The van der Waals surface area contributed by atoms with Gasteiger partial charge in [0.15, 0.2) is 0 Å². The van der Waals surface area contributed by atoms with E-state index < -0.39 is 0 Å². The lowest BCUT2D eigenvalue weighted by molar-refractivity contribution is 0.470. The van der Waals surface area contributed by atoms with Crippen LogP contribution in [-0.4, -0.2) is 4.98 Å². The largest absolute Gasteiger partial charge is 0.455 e. The Bertz CT molecular complexity index is 538. The molecule has 0 bridgehead atoms. The van der Waals surface area contributed by atoms with Gasteiger partial charge in [-0.15, -0.1) is 0 Å². The van der Waals surface area contributed by atoms with E-state index >= 15 is 0 Å². The van der Waals surface area contributed by atoms with E-state index in [1.807, 2.05) is 13.8 Å². The summed E-state index contributed by atoms with van der Waals surface area (Å²) in [6.45, 7) is 3.72. The summed E-state index contributed by atoms with van der Waals surface area (Å²) in [6, 6.07) is 7.89. The van der Waals surface area contributed by atoms with Gasteiger partial charge in [-0.05, 0) is 37.6 Å². The van der Waals surface area contributed by atoms with Crippen molar-refractivity contribution in [3.63, 3.8) is 0 Å². The van der Waals surface area contributed by atoms with Gasteiger partial charge < -0.3 is 10.5 Å². The van der Waals surface area contributed by atoms with Crippen LogP contribution in [0.2, 0.25) is 0 Å². The van der Waals surface area contributed by atoms with Crippen molar-refractivity contribution in [3.05, 3.63) is 53.6 Å². The van der Waals surface area contributed by atoms with Crippen molar-refractivity contribution in [2.75, 3.05) is 0 Å². The van der Waals surface area contributed by atoms with Crippen LogP contribution in [0.25, 0.3) is 0 Å². The second-order valence-electron chi connectivity index (χ2n) is 4.22. The van der Waals surface area contributed by atoms with E-state index in [2.05, 4.69) is 4.98 Å². The molecule has 1 heterocycles. The molecular weight excluding hydrogens is 231 g/mol. The van der Waals surface area contributed by atoms with Gasteiger partial charge in [0.1, 0.15) is 17.3 Å². The summed E-state index contributed by atoms with van der Waals surface area (Å²) in [5.41, 5.74) is 7.37. The van der Waals surface area contributed by atoms with Gasteiger partial charge in [0, 0.05) is 12.1 Å². The quantitative estimate of drug-likeness (QED) is 0.903. The molecule has 94 valence electrons. The van der Waals surface area contributed by atoms with Crippen LogP contribution in [-0.2, 0) is 0 Å². The molecule has 1 atom stereocenters. The molecule has 0 fully saturated rings. The van der Waals surface area contributed by atoms with Crippen molar-refractivity contribution >= 4 is 0 Å². The summed E-state index contributed by atoms with van der Waals surface area (Å²) in [7, 11) is 0. The van der Waals surface area contributed by atoms with Crippen LogP contribution >= 0.6 is 0 Å². The molecule has 0 amide bonds. The predicted molar refractivity (Wildman–Crippen MR) is 68.1 cm³/mol. The number of hydrogen-bond acceptors (Lipinski definition) is 3. The molecule has 0 spiro atoms. The molecule has 0 aliphatic rings. The highest BCUT2D eigenvalue weighted by molar-refractivity contribution is 5.36. The van der Waals surface area contributed by atoms with Gasteiger partial charge in [-0.1, -0.05) is 6.07 Å². The standard InChI is InChI=1S/C14H15FN2O/c1-9-3-4-11(15)7-14(9)18-12-5-6-13(10(2)16)17-8-12/h3-8,10H,16H2,1-2H3. The Balaban J connectivity index is 2.21. The number of ether oxygens (including phenoxy) is 1. The van der Waals surface area contributed by atoms with Gasteiger partial charge in [0.05, 0.1) is 11.9 Å². The fourth-order valence-corrected chi connectivity index (χ4v) is 1.53. The van der Waals surface area contributed by atoms with Crippen LogP contribution in [0.4, 0.5) is 4.39 Å². The van der Waals surface area contributed by atoms with Gasteiger partial charge >= 0.3 is 0 Å². The summed E-state index contributed by atoms with van der Waals surface area (Å²) in [5.74, 6) is 0.731. The number of aromatic nitrogens is 1. The van der Waals surface area contributed by atoms with Gasteiger partial charge in [-0.3, -0.25) is 4.98 Å². The normalized spacial score (nSPS) is 12.2. The van der Waals surface area contributed by atoms with Crippen LogP contribution in [0.15, 0.2) is 36.5 Å². The maximum absolute atomic E-state index is 13.1. The van der Waals surface area contributed by atoms with Crippen molar-refractivity contribution in [1.29, 1.82) is 0 Å². The molecule has 0 saturated carbocycles. The van der Waals surface area contributed by atoms with Crippen molar-refractivity contribution < 1.29 is 9.13 Å². The van der Waals surface area contributed by atoms with E-state index in [0.29, 0.717) is 11.5 Å². The summed E-state index contributed by atoms with van der Waals surface area (Å²) in [5, 5.41) is 0. The molecule has 0 saturated heterocycles. The van der Waals surface area contributed by atoms with Gasteiger partial charge in [0.2, 0.25) is 0 Å². The highest BCUT2D eigenvalue weighted by atomic mass is 19.1. The molecule has 1 unspecified atom stereocenters. The Labute approximate surface area is 105 Å². The third-order valence-electron chi connectivity index (χ3n) is 2.60. The van der Waals surface area contributed by atoms with Crippen LogP contribution in [0.3, 0.4) is 0 Å². The smallest absolute Gasteiger partial charge is 0.145 e. The SMILES string of the molecule is Cc1ccc(F)cc1Oc1ccc(C(C)N)nc1. The highest BCUT2D eigenvalue weighted by Crippen LogP contribution is 2.25. The minimum absolute atomic E-state index is 0.116. The Kier molecular flexibility index (Phi) is 3.58. The van der Waals surface area contributed by atoms with Gasteiger partial charge in [-0.25, -0.2) is 4.39 Å². The third kappa shape index (κ3) is 2.84. The lowest BCUT2D eigenvalue weighted by Gasteiger charge is -2.09. The molecular formula is C14H15FN2O. The van der Waals surface area contributed by atoms with E-state index in [4.69, 9.17) is 10.5 Å². The first-order valence-corrected chi connectivity index (χ1v) is 5.72. The van der Waals surface area contributed by atoms with Gasteiger partial charge in [-0.2, -0.15) is 0 Å². The van der Waals surface area contributed by atoms with E-state index in [1.165, 1.54) is 12.1 Å². The molecule has 1 aromatic carbocycles. The molecule has 18 heavy (non-hydrogen) atoms. The van der Waals surface area contributed by atoms with Crippen molar-refractivity contribution in [1.82, 2.24) is 4.98 Å². The second-order valence-corrected chi connectivity index (χ2v) is 4.22. The van der Waals surface area contributed by atoms with Crippen LogP contribution in [0.5, 0.6) is 11.5 Å². The van der Waals surface area contributed by atoms with Crippen LogP contribution in [0.1, 0.15) is 24.2 Å². The Morgan fingerprint density at radius 3 is 2.67 bits per heavy atom. The highest BCUT2D eigenvalue weighted by Gasteiger charge is 2.05. The lowest BCUT2D eigenvalue weighted by Crippen LogP contribution is -2.06. The average Bonchev–Trinajstić information content (AvgIpc) is 2.34. The Hall–Kier alpha value is -1.94. The van der Waals surface area contributed by atoms with E-state index in [9.17, 15) is 4.39 Å². The number of nitrogens with two attached hydrogens (primary N) is 1.